The molecule has 35 heavy (non-hydrogen) atoms. The SMILES string of the molecule is COCO[C@H]1CN(c2ccc(OCc3ccccc3)c(-c3cc(C)nc(N)n3)c2)C[C@@H]1OCOC. The minimum atomic E-state index is -0.153. The Hall–Kier alpha value is -3.24. The number of anilines is 2. The smallest absolute Gasteiger partial charge is 0.220 e. The van der Waals surface area contributed by atoms with E-state index in [1.807, 2.05) is 55.5 Å². The number of nitrogen functional groups attached to an aromatic ring is 1. The number of benzene rings is 2. The van der Waals surface area contributed by atoms with Crippen molar-refractivity contribution >= 4 is 11.6 Å². The summed E-state index contributed by atoms with van der Waals surface area (Å²) in [6.07, 6.45) is -0.306. The van der Waals surface area contributed by atoms with Crippen LogP contribution >= 0.6 is 0 Å². The van der Waals surface area contributed by atoms with E-state index in [0.717, 1.165) is 22.5 Å². The predicted molar refractivity (Wildman–Crippen MR) is 133 cm³/mol. The monoisotopic (exact) mass is 480 g/mol. The fraction of sp³-hybridized carbons (Fsp3) is 0.385. The molecule has 0 radical (unpaired) electrons. The molecule has 0 bridgehead atoms. The van der Waals surface area contributed by atoms with Crippen molar-refractivity contribution in [2.45, 2.75) is 25.7 Å². The van der Waals surface area contributed by atoms with Crippen LogP contribution in [0.25, 0.3) is 11.3 Å². The van der Waals surface area contributed by atoms with Crippen LogP contribution in [0.3, 0.4) is 0 Å². The topological polar surface area (TPSA) is 101 Å². The zero-order chi connectivity index (χ0) is 24.6. The number of ether oxygens (including phenoxy) is 5. The Morgan fingerprint density at radius 1 is 0.914 bits per heavy atom. The Labute approximate surface area is 205 Å². The fourth-order valence-electron chi connectivity index (χ4n) is 4.09. The minimum Gasteiger partial charge on any atom is -0.488 e. The summed E-state index contributed by atoms with van der Waals surface area (Å²) in [6, 6.07) is 18.0. The largest absolute Gasteiger partial charge is 0.488 e. The van der Waals surface area contributed by atoms with Gasteiger partial charge in [-0.05, 0) is 36.8 Å². The van der Waals surface area contributed by atoms with Gasteiger partial charge in [-0.2, -0.15) is 0 Å². The lowest BCUT2D eigenvalue weighted by Gasteiger charge is -2.21. The molecule has 0 amide bonds. The molecule has 2 heterocycles. The predicted octanol–water partition coefficient (Wildman–Crippen LogP) is 3.41. The van der Waals surface area contributed by atoms with Crippen LogP contribution in [0.5, 0.6) is 5.75 Å². The number of methoxy groups -OCH3 is 2. The van der Waals surface area contributed by atoms with Crippen LogP contribution in [-0.4, -0.2) is 63.1 Å². The zero-order valence-electron chi connectivity index (χ0n) is 20.3. The lowest BCUT2D eigenvalue weighted by atomic mass is 10.1. The first-order valence-corrected chi connectivity index (χ1v) is 11.5. The molecule has 0 saturated carbocycles. The summed E-state index contributed by atoms with van der Waals surface area (Å²) in [5, 5.41) is 0. The standard InChI is InChI=1S/C26H32N4O5/c1-18-11-22(29-26(27)28-18)21-12-20(9-10-23(21)33-15-19-7-5-4-6-8-19)30-13-24(34-16-31-2)25(14-30)35-17-32-3/h4-12,24-25H,13-17H2,1-3H3,(H2,27,28,29)/t24-,25-/m0/s1. The van der Waals surface area contributed by atoms with E-state index >= 15 is 0 Å². The maximum absolute atomic E-state index is 6.22. The van der Waals surface area contributed by atoms with Gasteiger partial charge < -0.3 is 34.3 Å². The molecule has 9 heteroatoms. The molecular formula is C26H32N4O5. The van der Waals surface area contributed by atoms with Crippen molar-refractivity contribution in [1.82, 2.24) is 9.97 Å². The Morgan fingerprint density at radius 2 is 1.60 bits per heavy atom. The summed E-state index contributed by atoms with van der Waals surface area (Å²) < 4.78 is 28.2. The van der Waals surface area contributed by atoms with E-state index in [1.165, 1.54) is 0 Å². The molecule has 186 valence electrons. The summed E-state index contributed by atoms with van der Waals surface area (Å²) >= 11 is 0. The number of nitrogens with zero attached hydrogens (tertiary/aromatic N) is 3. The first-order chi connectivity index (χ1) is 17.1. The molecule has 9 nitrogen and oxygen atoms in total. The van der Waals surface area contributed by atoms with Crippen LogP contribution in [0.2, 0.25) is 0 Å². The Balaban J connectivity index is 1.63. The molecule has 0 unspecified atom stereocenters. The summed E-state index contributed by atoms with van der Waals surface area (Å²) in [6.45, 7) is 4.02. The molecule has 1 fully saturated rings. The van der Waals surface area contributed by atoms with E-state index in [9.17, 15) is 0 Å². The van der Waals surface area contributed by atoms with E-state index in [-0.39, 0.29) is 31.7 Å². The highest BCUT2D eigenvalue weighted by Crippen LogP contribution is 2.35. The van der Waals surface area contributed by atoms with Crippen molar-refractivity contribution in [3.8, 4) is 17.0 Å². The van der Waals surface area contributed by atoms with Gasteiger partial charge in [0.15, 0.2) is 0 Å². The number of rotatable bonds is 11. The molecule has 2 atom stereocenters. The van der Waals surface area contributed by atoms with Gasteiger partial charge in [0.2, 0.25) is 5.95 Å². The third-order valence-electron chi connectivity index (χ3n) is 5.73. The van der Waals surface area contributed by atoms with Crippen LogP contribution in [0.1, 0.15) is 11.3 Å². The van der Waals surface area contributed by atoms with Gasteiger partial charge in [0.25, 0.3) is 0 Å². The van der Waals surface area contributed by atoms with Crippen LogP contribution in [-0.2, 0) is 25.6 Å². The molecule has 2 N–H and O–H groups in total. The number of hydrogen-bond acceptors (Lipinski definition) is 9. The summed E-state index contributed by atoms with van der Waals surface area (Å²) in [4.78, 5) is 10.9. The molecule has 0 spiro atoms. The van der Waals surface area contributed by atoms with Crippen molar-refractivity contribution < 1.29 is 23.7 Å². The summed E-state index contributed by atoms with van der Waals surface area (Å²) in [5.74, 6) is 0.940. The number of nitrogens with two attached hydrogens (primary N) is 1. The molecule has 1 aliphatic rings. The molecule has 3 aromatic rings. The molecular weight excluding hydrogens is 448 g/mol. The van der Waals surface area contributed by atoms with Gasteiger partial charge >= 0.3 is 0 Å². The third kappa shape index (κ3) is 6.46. The van der Waals surface area contributed by atoms with Gasteiger partial charge in [0, 0.05) is 44.3 Å². The Bertz CT molecular complexity index is 1060. The quantitative estimate of drug-likeness (QED) is 0.414. The lowest BCUT2D eigenvalue weighted by Crippen LogP contribution is -2.31. The molecule has 2 aromatic carbocycles. The maximum atomic E-state index is 6.22. The van der Waals surface area contributed by atoms with Crippen molar-refractivity contribution in [3.63, 3.8) is 0 Å². The van der Waals surface area contributed by atoms with Crippen molar-refractivity contribution in [2.24, 2.45) is 0 Å². The highest BCUT2D eigenvalue weighted by atomic mass is 16.7. The minimum absolute atomic E-state index is 0.153. The molecule has 1 aliphatic heterocycles. The van der Waals surface area contributed by atoms with Gasteiger partial charge in [0.1, 0.15) is 38.2 Å². The number of aromatic nitrogens is 2. The summed E-state index contributed by atoms with van der Waals surface area (Å²) in [5.41, 5.74) is 10.4. The first-order valence-electron chi connectivity index (χ1n) is 11.5. The van der Waals surface area contributed by atoms with Crippen LogP contribution in [0.15, 0.2) is 54.6 Å². The van der Waals surface area contributed by atoms with E-state index in [2.05, 4.69) is 20.9 Å². The lowest BCUT2D eigenvalue weighted by molar-refractivity contribution is -0.139. The Morgan fingerprint density at radius 3 is 2.23 bits per heavy atom. The van der Waals surface area contributed by atoms with Crippen LogP contribution < -0.4 is 15.4 Å². The van der Waals surface area contributed by atoms with Crippen molar-refractivity contribution in [2.75, 3.05) is 51.5 Å². The van der Waals surface area contributed by atoms with Gasteiger partial charge in [-0.3, -0.25) is 0 Å². The van der Waals surface area contributed by atoms with E-state index in [0.29, 0.717) is 31.1 Å². The van der Waals surface area contributed by atoms with Gasteiger partial charge in [-0.25, -0.2) is 9.97 Å². The second-order valence-corrected chi connectivity index (χ2v) is 8.34. The second kappa shape index (κ2) is 11.9. The second-order valence-electron chi connectivity index (χ2n) is 8.34. The van der Waals surface area contributed by atoms with Crippen LogP contribution in [0.4, 0.5) is 11.6 Å². The van der Waals surface area contributed by atoms with Gasteiger partial charge in [-0.15, -0.1) is 0 Å². The third-order valence-corrected chi connectivity index (χ3v) is 5.73. The Kier molecular flexibility index (Phi) is 8.49. The maximum Gasteiger partial charge on any atom is 0.220 e. The summed E-state index contributed by atoms with van der Waals surface area (Å²) in [7, 11) is 3.21. The molecule has 0 aliphatic carbocycles. The van der Waals surface area contributed by atoms with Crippen molar-refractivity contribution in [3.05, 3.63) is 65.9 Å². The van der Waals surface area contributed by atoms with Gasteiger partial charge in [0.05, 0.1) is 5.69 Å². The van der Waals surface area contributed by atoms with Crippen molar-refractivity contribution in [1.29, 1.82) is 0 Å². The van der Waals surface area contributed by atoms with E-state index in [4.69, 9.17) is 29.4 Å². The van der Waals surface area contributed by atoms with E-state index in [1.54, 1.807) is 14.2 Å². The first kappa shape index (κ1) is 24.9. The zero-order valence-corrected chi connectivity index (χ0v) is 20.3. The van der Waals surface area contributed by atoms with Crippen LogP contribution in [0, 0.1) is 6.92 Å². The fourth-order valence-corrected chi connectivity index (χ4v) is 4.09. The number of hydrogen-bond donors (Lipinski definition) is 1. The number of aryl methyl sites for hydroxylation is 1. The average Bonchev–Trinajstić information content (AvgIpc) is 3.27. The molecule has 4 rings (SSSR count). The van der Waals surface area contributed by atoms with Gasteiger partial charge in [-0.1, -0.05) is 30.3 Å². The highest BCUT2D eigenvalue weighted by molar-refractivity contribution is 5.73. The molecule has 1 saturated heterocycles. The highest BCUT2D eigenvalue weighted by Gasteiger charge is 2.35. The normalized spacial score (nSPS) is 17.6. The molecule has 1 aromatic heterocycles. The average molecular weight is 481 g/mol. The van der Waals surface area contributed by atoms with E-state index < -0.39 is 0 Å².